The third-order valence-electron chi connectivity index (χ3n) is 2.17. The molecule has 1 N–H and O–H groups in total. The lowest BCUT2D eigenvalue weighted by atomic mass is 10.2. The molecule has 1 aliphatic rings. The van der Waals surface area contributed by atoms with Crippen LogP contribution in [0, 0.1) is 0 Å². The van der Waals surface area contributed by atoms with Crippen LogP contribution in [0.5, 0.6) is 0 Å². The van der Waals surface area contributed by atoms with Gasteiger partial charge in [0.2, 0.25) is 0 Å². The van der Waals surface area contributed by atoms with E-state index in [2.05, 4.69) is 23.5 Å². The summed E-state index contributed by atoms with van der Waals surface area (Å²) in [7, 11) is 0. The summed E-state index contributed by atoms with van der Waals surface area (Å²) in [4.78, 5) is 5.50. The first kappa shape index (κ1) is 9.16. The van der Waals surface area contributed by atoms with Gasteiger partial charge < -0.3 is 5.32 Å². The maximum absolute atomic E-state index is 5.89. The summed E-state index contributed by atoms with van der Waals surface area (Å²) >= 11 is 7.62. The molecule has 4 heteroatoms. The molecule has 13 heavy (non-hydrogen) atoms. The molecular formula is C9H11ClN2S. The minimum absolute atomic E-state index is 0.479. The van der Waals surface area contributed by atoms with Crippen LogP contribution < -0.4 is 5.32 Å². The van der Waals surface area contributed by atoms with Crippen molar-refractivity contribution < 1.29 is 0 Å². The first-order valence-electron chi connectivity index (χ1n) is 4.20. The molecule has 1 atom stereocenters. The van der Waals surface area contributed by atoms with Gasteiger partial charge in [-0.2, -0.15) is 0 Å². The molecule has 0 fully saturated rings. The summed E-state index contributed by atoms with van der Waals surface area (Å²) in [5, 5.41) is 3.88. The van der Waals surface area contributed by atoms with Crippen LogP contribution in [0.3, 0.4) is 0 Å². The second-order valence-electron chi connectivity index (χ2n) is 3.22. The van der Waals surface area contributed by atoms with Gasteiger partial charge in [0.1, 0.15) is 11.0 Å². The van der Waals surface area contributed by atoms with Crippen LogP contribution in [-0.4, -0.2) is 17.3 Å². The van der Waals surface area contributed by atoms with E-state index >= 15 is 0 Å². The average Bonchev–Trinajstić information content (AvgIpc) is 2.43. The van der Waals surface area contributed by atoms with Gasteiger partial charge in [-0.1, -0.05) is 11.6 Å². The summed E-state index contributed by atoms with van der Waals surface area (Å²) in [6, 6.07) is 2.41. The van der Waals surface area contributed by atoms with Gasteiger partial charge in [-0.25, -0.2) is 4.98 Å². The second-order valence-corrected chi connectivity index (χ2v) is 4.46. The Kier molecular flexibility index (Phi) is 2.39. The fraction of sp³-hybridized carbons (Fsp3) is 0.444. The monoisotopic (exact) mass is 214 g/mol. The second kappa shape index (κ2) is 3.39. The summed E-state index contributed by atoms with van der Waals surface area (Å²) in [6.45, 7) is 2.15. The van der Waals surface area contributed by atoms with E-state index in [0.717, 1.165) is 12.2 Å². The van der Waals surface area contributed by atoms with Gasteiger partial charge in [0, 0.05) is 16.5 Å². The highest BCUT2D eigenvalue weighted by atomic mass is 35.5. The number of pyridine rings is 1. The standard InChI is InChI=1S/C9H11ClN2S/c1-5-3-6-7(13-2)4-8(10)12-9(6)11-5/h4-5H,3H2,1-2H3,(H,11,12)/t5-/m1/s1. The number of thioether (sulfide) groups is 1. The first-order valence-corrected chi connectivity index (χ1v) is 5.81. The molecule has 0 unspecified atom stereocenters. The maximum Gasteiger partial charge on any atom is 0.132 e. The fourth-order valence-corrected chi connectivity index (χ4v) is 2.52. The molecule has 2 nitrogen and oxygen atoms in total. The highest BCUT2D eigenvalue weighted by Gasteiger charge is 2.21. The maximum atomic E-state index is 5.89. The zero-order valence-corrected chi connectivity index (χ0v) is 9.17. The largest absolute Gasteiger partial charge is 0.367 e. The highest BCUT2D eigenvalue weighted by Crippen LogP contribution is 2.33. The summed E-state index contributed by atoms with van der Waals surface area (Å²) in [5.41, 5.74) is 1.31. The molecule has 0 spiro atoms. The average molecular weight is 215 g/mol. The van der Waals surface area contributed by atoms with Crippen LogP contribution in [-0.2, 0) is 6.42 Å². The fourth-order valence-electron chi connectivity index (χ4n) is 1.61. The van der Waals surface area contributed by atoms with Crippen LogP contribution >= 0.6 is 23.4 Å². The van der Waals surface area contributed by atoms with Gasteiger partial charge in [-0.3, -0.25) is 0 Å². The van der Waals surface area contributed by atoms with Crippen molar-refractivity contribution in [1.29, 1.82) is 0 Å². The zero-order chi connectivity index (χ0) is 9.42. The van der Waals surface area contributed by atoms with Crippen molar-refractivity contribution >= 4 is 29.2 Å². The van der Waals surface area contributed by atoms with Gasteiger partial charge >= 0.3 is 0 Å². The number of fused-ring (bicyclic) bond motifs is 1. The number of nitrogens with zero attached hydrogens (tertiary/aromatic N) is 1. The van der Waals surface area contributed by atoms with Crippen molar-refractivity contribution in [1.82, 2.24) is 4.98 Å². The summed E-state index contributed by atoms with van der Waals surface area (Å²) in [5.74, 6) is 0.962. The van der Waals surface area contributed by atoms with Crippen LogP contribution in [0.4, 0.5) is 5.82 Å². The molecular weight excluding hydrogens is 204 g/mol. The Balaban J connectivity index is 2.50. The zero-order valence-electron chi connectivity index (χ0n) is 7.60. The Labute approximate surface area is 87.1 Å². The molecule has 1 aliphatic heterocycles. The van der Waals surface area contributed by atoms with Crippen LogP contribution in [0.1, 0.15) is 12.5 Å². The molecule has 0 aliphatic carbocycles. The molecule has 0 aromatic carbocycles. The Morgan fingerprint density at radius 1 is 1.69 bits per heavy atom. The SMILES string of the molecule is CSc1cc(Cl)nc2c1C[C@@H](C)N2. The first-order chi connectivity index (χ1) is 6.20. The van der Waals surface area contributed by atoms with Crippen molar-refractivity contribution in [3.8, 4) is 0 Å². The van der Waals surface area contributed by atoms with E-state index in [1.54, 1.807) is 11.8 Å². The van der Waals surface area contributed by atoms with Gasteiger partial charge in [0.25, 0.3) is 0 Å². The molecule has 1 aromatic heterocycles. The summed E-state index contributed by atoms with van der Waals surface area (Å²) < 4.78 is 0. The van der Waals surface area contributed by atoms with Crippen LogP contribution in [0.15, 0.2) is 11.0 Å². The van der Waals surface area contributed by atoms with E-state index in [1.807, 2.05) is 6.07 Å². The van der Waals surface area contributed by atoms with Gasteiger partial charge in [0.15, 0.2) is 0 Å². The number of nitrogens with one attached hydrogen (secondary N) is 1. The Morgan fingerprint density at radius 2 is 2.46 bits per heavy atom. The topological polar surface area (TPSA) is 24.9 Å². The molecule has 0 bridgehead atoms. The van der Waals surface area contributed by atoms with E-state index < -0.39 is 0 Å². The molecule has 0 amide bonds. The van der Waals surface area contributed by atoms with Crippen molar-refractivity contribution in [2.45, 2.75) is 24.3 Å². The highest BCUT2D eigenvalue weighted by molar-refractivity contribution is 7.98. The Bertz CT molecular complexity index is 341. The number of anilines is 1. The van der Waals surface area contributed by atoms with E-state index in [4.69, 9.17) is 11.6 Å². The predicted molar refractivity (Wildman–Crippen MR) is 57.8 cm³/mol. The quantitative estimate of drug-likeness (QED) is 0.575. The van der Waals surface area contributed by atoms with Crippen molar-refractivity contribution in [3.63, 3.8) is 0 Å². The number of halogens is 1. The van der Waals surface area contributed by atoms with E-state index in [-0.39, 0.29) is 0 Å². The molecule has 0 saturated carbocycles. The van der Waals surface area contributed by atoms with E-state index in [9.17, 15) is 0 Å². The number of aromatic nitrogens is 1. The van der Waals surface area contributed by atoms with Gasteiger partial charge in [0.05, 0.1) is 0 Å². The lowest BCUT2D eigenvalue weighted by molar-refractivity contribution is 0.831. The molecule has 1 aromatic rings. The molecule has 0 radical (unpaired) electrons. The van der Waals surface area contributed by atoms with Gasteiger partial charge in [-0.15, -0.1) is 11.8 Å². The number of hydrogen-bond acceptors (Lipinski definition) is 3. The predicted octanol–water partition coefficient (Wildman–Crippen LogP) is 2.81. The number of rotatable bonds is 1. The minimum Gasteiger partial charge on any atom is -0.367 e. The third-order valence-corrected chi connectivity index (χ3v) is 3.16. The lowest BCUT2D eigenvalue weighted by Crippen LogP contribution is -2.08. The van der Waals surface area contributed by atoms with E-state index in [1.165, 1.54) is 10.5 Å². The van der Waals surface area contributed by atoms with Crippen LogP contribution in [0.25, 0.3) is 0 Å². The molecule has 2 heterocycles. The Hall–Kier alpha value is -0.410. The minimum atomic E-state index is 0.479. The number of hydrogen-bond donors (Lipinski definition) is 1. The normalized spacial score (nSPS) is 19.8. The third kappa shape index (κ3) is 1.63. The molecule has 0 saturated heterocycles. The smallest absolute Gasteiger partial charge is 0.132 e. The summed E-state index contributed by atoms with van der Waals surface area (Å²) in [6.07, 6.45) is 3.12. The van der Waals surface area contributed by atoms with Crippen molar-refractivity contribution in [3.05, 3.63) is 16.8 Å². The van der Waals surface area contributed by atoms with E-state index in [0.29, 0.717) is 11.2 Å². The van der Waals surface area contributed by atoms with Crippen LogP contribution in [0.2, 0.25) is 5.15 Å². The lowest BCUT2D eigenvalue weighted by Gasteiger charge is -2.04. The Morgan fingerprint density at radius 3 is 3.15 bits per heavy atom. The molecule has 70 valence electrons. The molecule has 2 rings (SSSR count). The van der Waals surface area contributed by atoms with Gasteiger partial charge in [-0.05, 0) is 25.7 Å². The van der Waals surface area contributed by atoms with Crippen molar-refractivity contribution in [2.75, 3.05) is 11.6 Å². The van der Waals surface area contributed by atoms with Crippen molar-refractivity contribution in [2.24, 2.45) is 0 Å².